The fourth-order valence-corrected chi connectivity index (χ4v) is 3.50. The molecule has 0 saturated heterocycles. The number of halogens is 1. The molecular formula is C13H9BrS. The topological polar surface area (TPSA) is 0 Å². The van der Waals surface area contributed by atoms with Crippen LogP contribution >= 0.6 is 27.3 Å². The highest BCUT2D eigenvalue weighted by atomic mass is 79.9. The predicted octanol–water partition coefficient (Wildman–Crippen LogP) is 5.13. The molecule has 15 heavy (non-hydrogen) atoms. The molecule has 0 saturated carbocycles. The van der Waals surface area contributed by atoms with Gasteiger partial charge >= 0.3 is 0 Å². The molecule has 74 valence electrons. The van der Waals surface area contributed by atoms with E-state index in [4.69, 9.17) is 0 Å². The predicted molar refractivity (Wildman–Crippen MR) is 71.8 cm³/mol. The van der Waals surface area contributed by atoms with Crippen LogP contribution in [0, 0.1) is 6.92 Å². The molecule has 0 atom stereocenters. The van der Waals surface area contributed by atoms with Crippen LogP contribution in [-0.2, 0) is 0 Å². The zero-order valence-electron chi connectivity index (χ0n) is 8.25. The Bertz CT molecular complexity index is 652. The second-order valence-electron chi connectivity index (χ2n) is 3.74. The van der Waals surface area contributed by atoms with E-state index < -0.39 is 0 Å². The van der Waals surface area contributed by atoms with E-state index in [1.165, 1.54) is 25.7 Å². The van der Waals surface area contributed by atoms with Gasteiger partial charge in [0.05, 0.1) is 0 Å². The number of hydrogen-bond acceptors (Lipinski definition) is 1. The summed E-state index contributed by atoms with van der Waals surface area (Å²) in [5.41, 5.74) is 1.32. The molecule has 0 radical (unpaired) electrons. The van der Waals surface area contributed by atoms with Crippen molar-refractivity contribution in [3.8, 4) is 0 Å². The van der Waals surface area contributed by atoms with Crippen molar-refractivity contribution in [2.45, 2.75) is 6.92 Å². The van der Waals surface area contributed by atoms with Crippen molar-refractivity contribution in [3.05, 3.63) is 46.4 Å². The maximum absolute atomic E-state index is 3.51. The standard InChI is InChI=1S/C13H9BrS/c1-8-2-5-12-11(6-8)10-4-3-9(14)7-13(10)15-12/h2-7H,1H3. The molecule has 0 N–H and O–H groups in total. The summed E-state index contributed by atoms with van der Waals surface area (Å²) in [5, 5.41) is 2.74. The maximum atomic E-state index is 3.51. The number of hydrogen-bond donors (Lipinski definition) is 0. The summed E-state index contributed by atoms with van der Waals surface area (Å²) in [6.45, 7) is 2.14. The van der Waals surface area contributed by atoms with Crippen molar-refractivity contribution >= 4 is 47.4 Å². The maximum Gasteiger partial charge on any atom is 0.0366 e. The van der Waals surface area contributed by atoms with Crippen LogP contribution in [0.5, 0.6) is 0 Å². The minimum Gasteiger partial charge on any atom is -0.135 e. The largest absolute Gasteiger partial charge is 0.135 e. The van der Waals surface area contributed by atoms with Gasteiger partial charge in [-0.3, -0.25) is 0 Å². The third-order valence-electron chi connectivity index (χ3n) is 2.59. The summed E-state index contributed by atoms with van der Waals surface area (Å²) in [5.74, 6) is 0. The molecule has 1 aromatic heterocycles. The van der Waals surface area contributed by atoms with E-state index in [9.17, 15) is 0 Å². The normalized spacial score (nSPS) is 11.3. The van der Waals surface area contributed by atoms with Crippen LogP contribution in [0.4, 0.5) is 0 Å². The molecule has 0 bridgehead atoms. The molecule has 3 rings (SSSR count). The second kappa shape index (κ2) is 3.32. The Morgan fingerprint density at radius 1 is 0.933 bits per heavy atom. The molecular weight excluding hydrogens is 268 g/mol. The van der Waals surface area contributed by atoms with Gasteiger partial charge in [-0.05, 0) is 31.2 Å². The first kappa shape index (κ1) is 9.37. The van der Waals surface area contributed by atoms with Gasteiger partial charge in [0, 0.05) is 24.6 Å². The summed E-state index contributed by atoms with van der Waals surface area (Å²) in [6.07, 6.45) is 0. The van der Waals surface area contributed by atoms with Gasteiger partial charge < -0.3 is 0 Å². The highest BCUT2D eigenvalue weighted by Crippen LogP contribution is 2.35. The molecule has 0 spiro atoms. The van der Waals surface area contributed by atoms with Crippen LogP contribution in [0.15, 0.2) is 40.9 Å². The van der Waals surface area contributed by atoms with Gasteiger partial charge in [-0.15, -0.1) is 11.3 Å². The molecule has 1 heterocycles. The van der Waals surface area contributed by atoms with Crippen molar-refractivity contribution in [2.75, 3.05) is 0 Å². The molecule has 2 heteroatoms. The van der Waals surface area contributed by atoms with Gasteiger partial charge in [-0.1, -0.05) is 33.6 Å². The lowest BCUT2D eigenvalue weighted by Crippen LogP contribution is -1.70. The second-order valence-corrected chi connectivity index (χ2v) is 5.74. The van der Waals surface area contributed by atoms with E-state index in [0.29, 0.717) is 0 Å². The summed E-state index contributed by atoms with van der Waals surface area (Å²) < 4.78 is 3.87. The minimum absolute atomic E-state index is 1.15. The van der Waals surface area contributed by atoms with Crippen molar-refractivity contribution in [3.63, 3.8) is 0 Å². The van der Waals surface area contributed by atoms with Crippen LogP contribution in [0.1, 0.15) is 5.56 Å². The lowest BCUT2D eigenvalue weighted by molar-refractivity contribution is 1.52. The number of rotatable bonds is 0. The monoisotopic (exact) mass is 276 g/mol. The van der Waals surface area contributed by atoms with Gasteiger partial charge in [0.1, 0.15) is 0 Å². The zero-order chi connectivity index (χ0) is 10.4. The number of fused-ring (bicyclic) bond motifs is 3. The van der Waals surface area contributed by atoms with E-state index in [1.807, 2.05) is 11.3 Å². The Morgan fingerprint density at radius 2 is 1.80 bits per heavy atom. The Hall–Kier alpha value is -0.860. The Kier molecular flexibility index (Phi) is 2.08. The van der Waals surface area contributed by atoms with Crippen molar-refractivity contribution in [2.24, 2.45) is 0 Å². The van der Waals surface area contributed by atoms with E-state index in [2.05, 4.69) is 59.3 Å². The Balaban J connectivity index is 2.53. The number of benzene rings is 2. The van der Waals surface area contributed by atoms with Gasteiger partial charge in [0.2, 0.25) is 0 Å². The van der Waals surface area contributed by atoms with Crippen molar-refractivity contribution in [1.82, 2.24) is 0 Å². The van der Waals surface area contributed by atoms with Crippen LogP contribution < -0.4 is 0 Å². The minimum atomic E-state index is 1.15. The molecule has 0 fully saturated rings. The van der Waals surface area contributed by atoms with Crippen LogP contribution in [-0.4, -0.2) is 0 Å². The lowest BCUT2D eigenvalue weighted by atomic mass is 10.1. The quantitative estimate of drug-likeness (QED) is 0.534. The van der Waals surface area contributed by atoms with E-state index >= 15 is 0 Å². The first-order valence-electron chi connectivity index (χ1n) is 4.82. The third kappa shape index (κ3) is 1.48. The third-order valence-corrected chi connectivity index (χ3v) is 4.22. The highest BCUT2D eigenvalue weighted by molar-refractivity contribution is 9.10. The summed E-state index contributed by atoms with van der Waals surface area (Å²) in [7, 11) is 0. The van der Waals surface area contributed by atoms with E-state index in [1.54, 1.807) is 0 Å². The lowest BCUT2D eigenvalue weighted by Gasteiger charge is -1.94. The molecule has 0 nitrogen and oxygen atoms in total. The summed E-state index contributed by atoms with van der Waals surface area (Å²) in [6, 6.07) is 13.1. The van der Waals surface area contributed by atoms with E-state index in [-0.39, 0.29) is 0 Å². The fourth-order valence-electron chi connectivity index (χ4n) is 1.86. The molecule has 2 aromatic carbocycles. The van der Waals surface area contributed by atoms with Gasteiger partial charge in [0.15, 0.2) is 0 Å². The molecule has 0 aliphatic rings. The van der Waals surface area contributed by atoms with Crippen LogP contribution in [0.3, 0.4) is 0 Å². The van der Waals surface area contributed by atoms with Crippen LogP contribution in [0.25, 0.3) is 20.2 Å². The van der Waals surface area contributed by atoms with Gasteiger partial charge in [0.25, 0.3) is 0 Å². The molecule has 3 aromatic rings. The average molecular weight is 277 g/mol. The first-order valence-corrected chi connectivity index (χ1v) is 6.43. The Morgan fingerprint density at radius 3 is 2.67 bits per heavy atom. The van der Waals surface area contributed by atoms with Gasteiger partial charge in [-0.25, -0.2) is 0 Å². The molecule has 0 amide bonds. The zero-order valence-corrected chi connectivity index (χ0v) is 10.7. The van der Waals surface area contributed by atoms with Gasteiger partial charge in [-0.2, -0.15) is 0 Å². The summed E-state index contributed by atoms with van der Waals surface area (Å²) in [4.78, 5) is 0. The smallest absolute Gasteiger partial charge is 0.0366 e. The average Bonchev–Trinajstić information content (AvgIpc) is 2.54. The SMILES string of the molecule is Cc1ccc2sc3cc(Br)ccc3c2c1. The number of aryl methyl sites for hydroxylation is 1. The number of thiophene rings is 1. The summed E-state index contributed by atoms with van der Waals surface area (Å²) >= 11 is 5.37. The first-order chi connectivity index (χ1) is 7.24. The van der Waals surface area contributed by atoms with Crippen LogP contribution in [0.2, 0.25) is 0 Å². The fraction of sp³-hybridized carbons (Fsp3) is 0.0769. The van der Waals surface area contributed by atoms with Crippen molar-refractivity contribution < 1.29 is 0 Å². The Labute approximate surface area is 101 Å². The highest BCUT2D eigenvalue weighted by Gasteiger charge is 2.04. The molecule has 0 aliphatic heterocycles. The van der Waals surface area contributed by atoms with Crippen molar-refractivity contribution in [1.29, 1.82) is 0 Å². The molecule has 0 aliphatic carbocycles. The van der Waals surface area contributed by atoms with E-state index in [0.717, 1.165) is 4.47 Å². The molecule has 0 unspecified atom stereocenters.